The number of rotatable bonds is 4. The maximum absolute atomic E-state index is 14.0. The second-order valence-corrected chi connectivity index (χ2v) is 5.83. The van der Waals surface area contributed by atoms with Gasteiger partial charge in [-0.1, -0.05) is 6.92 Å². The van der Waals surface area contributed by atoms with Gasteiger partial charge >= 0.3 is 5.97 Å². The molecule has 1 saturated carbocycles. The molecule has 0 amide bonds. The van der Waals surface area contributed by atoms with E-state index in [1.165, 1.54) is 6.07 Å². The topological polar surface area (TPSA) is 26.3 Å². The molecule has 0 N–H and O–H groups in total. The van der Waals surface area contributed by atoms with Crippen LogP contribution in [0.4, 0.5) is 8.78 Å². The van der Waals surface area contributed by atoms with Gasteiger partial charge in [-0.2, -0.15) is 0 Å². The second kappa shape index (κ2) is 7.01. The van der Waals surface area contributed by atoms with Crippen LogP contribution in [-0.4, -0.2) is 12.1 Å². The Morgan fingerprint density at radius 3 is 2.48 bits per heavy atom. The molecule has 2 nitrogen and oxygen atoms in total. The van der Waals surface area contributed by atoms with Gasteiger partial charge in [0.2, 0.25) is 0 Å². The Bertz CT molecular complexity index is 483. The molecule has 1 fully saturated rings. The van der Waals surface area contributed by atoms with Crippen molar-refractivity contribution in [3.8, 4) is 0 Å². The summed E-state index contributed by atoms with van der Waals surface area (Å²) in [5, 5.41) is 0. The maximum Gasteiger partial charge on any atom is 0.306 e. The lowest BCUT2D eigenvalue weighted by atomic mass is 9.81. The average molecular weight is 296 g/mol. The lowest BCUT2D eigenvalue weighted by Crippen LogP contribution is -2.24. The number of esters is 1. The van der Waals surface area contributed by atoms with E-state index in [2.05, 4.69) is 0 Å². The molecule has 21 heavy (non-hydrogen) atoms. The highest BCUT2D eigenvalue weighted by Crippen LogP contribution is 2.37. The Balaban J connectivity index is 1.97. The van der Waals surface area contributed by atoms with E-state index in [1.54, 1.807) is 6.92 Å². The van der Waals surface area contributed by atoms with Gasteiger partial charge in [0.1, 0.15) is 17.7 Å². The molecule has 0 aliphatic heterocycles. The van der Waals surface area contributed by atoms with Crippen molar-refractivity contribution in [2.45, 2.75) is 64.4 Å². The number of hydrogen-bond acceptors (Lipinski definition) is 2. The highest BCUT2D eigenvalue weighted by molar-refractivity contribution is 5.69. The highest BCUT2D eigenvalue weighted by Gasteiger charge is 2.27. The standard InChI is InChI=1S/C17H22F2O2/c1-3-4-16(20)21-14-7-5-12(6-8-14)17-11(2)9-13(18)10-15(17)19/h9-10,12,14H,3-8H2,1-2H3. The van der Waals surface area contributed by atoms with Gasteiger partial charge < -0.3 is 4.74 Å². The predicted molar refractivity (Wildman–Crippen MR) is 77.1 cm³/mol. The Hall–Kier alpha value is -1.45. The van der Waals surface area contributed by atoms with E-state index in [9.17, 15) is 13.6 Å². The molecule has 0 saturated heterocycles. The van der Waals surface area contributed by atoms with Gasteiger partial charge in [0.25, 0.3) is 0 Å². The first-order chi connectivity index (χ1) is 10.0. The minimum absolute atomic E-state index is 0.0517. The molecule has 0 radical (unpaired) electrons. The van der Waals surface area contributed by atoms with Crippen LogP contribution in [0, 0.1) is 18.6 Å². The summed E-state index contributed by atoms with van der Waals surface area (Å²) in [7, 11) is 0. The first-order valence-electron chi connectivity index (χ1n) is 7.66. The lowest BCUT2D eigenvalue weighted by Gasteiger charge is -2.29. The van der Waals surface area contributed by atoms with Crippen LogP contribution in [0.25, 0.3) is 0 Å². The minimum atomic E-state index is -0.532. The van der Waals surface area contributed by atoms with E-state index in [0.717, 1.165) is 38.2 Å². The third-order valence-electron chi connectivity index (χ3n) is 4.14. The van der Waals surface area contributed by atoms with Gasteiger partial charge in [-0.3, -0.25) is 4.79 Å². The Morgan fingerprint density at radius 1 is 1.24 bits per heavy atom. The van der Waals surface area contributed by atoms with Crippen LogP contribution in [0.2, 0.25) is 0 Å². The van der Waals surface area contributed by atoms with E-state index >= 15 is 0 Å². The van der Waals surface area contributed by atoms with Crippen molar-refractivity contribution in [3.63, 3.8) is 0 Å². The molecule has 0 atom stereocenters. The molecule has 116 valence electrons. The van der Waals surface area contributed by atoms with E-state index in [-0.39, 0.29) is 18.0 Å². The van der Waals surface area contributed by atoms with Crippen LogP contribution in [-0.2, 0) is 9.53 Å². The first kappa shape index (κ1) is 15.9. The van der Waals surface area contributed by atoms with Crippen molar-refractivity contribution in [1.82, 2.24) is 0 Å². The summed E-state index contributed by atoms with van der Waals surface area (Å²) in [4.78, 5) is 11.5. The molecule has 1 aliphatic rings. The predicted octanol–water partition coefficient (Wildman–Crippen LogP) is 4.64. The van der Waals surface area contributed by atoms with Gasteiger partial charge in [0.05, 0.1) is 0 Å². The van der Waals surface area contributed by atoms with Crippen LogP contribution in [0.5, 0.6) is 0 Å². The molecule has 1 aromatic carbocycles. The number of carbonyl (C=O) groups excluding carboxylic acids is 1. The van der Waals surface area contributed by atoms with Gasteiger partial charge in [-0.15, -0.1) is 0 Å². The Kier molecular flexibility index (Phi) is 5.32. The van der Waals surface area contributed by atoms with Crippen LogP contribution >= 0.6 is 0 Å². The van der Waals surface area contributed by atoms with Crippen LogP contribution in [0.1, 0.15) is 62.5 Å². The number of aryl methyl sites for hydroxylation is 1. The fraction of sp³-hybridized carbons (Fsp3) is 0.588. The quantitative estimate of drug-likeness (QED) is 0.756. The molecule has 0 bridgehead atoms. The zero-order valence-corrected chi connectivity index (χ0v) is 12.6. The number of benzene rings is 1. The van der Waals surface area contributed by atoms with Crippen molar-refractivity contribution < 1.29 is 18.3 Å². The van der Waals surface area contributed by atoms with Crippen molar-refractivity contribution in [1.29, 1.82) is 0 Å². The van der Waals surface area contributed by atoms with Gasteiger partial charge in [-0.05, 0) is 62.1 Å². The zero-order chi connectivity index (χ0) is 15.4. The van der Waals surface area contributed by atoms with Crippen molar-refractivity contribution >= 4 is 5.97 Å². The smallest absolute Gasteiger partial charge is 0.306 e. The second-order valence-electron chi connectivity index (χ2n) is 5.83. The number of halogens is 2. The molecule has 0 unspecified atom stereocenters. The van der Waals surface area contributed by atoms with Gasteiger partial charge in [0, 0.05) is 12.5 Å². The maximum atomic E-state index is 14.0. The summed E-state index contributed by atoms with van der Waals surface area (Å²) in [5.74, 6) is -1.05. The van der Waals surface area contributed by atoms with Crippen molar-refractivity contribution in [2.24, 2.45) is 0 Å². The zero-order valence-electron chi connectivity index (χ0n) is 12.6. The molecule has 1 aliphatic carbocycles. The lowest BCUT2D eigenvalue weighted by molar-refractivity contribution is -0.150. The molecule has 0 aromatic heterocycles. The molecule has 2 rings (SSSR count). The third-order valence-corrected chi connectivity index (χ3v) is 4.14. The fourth-order valence-electron chi connectivity index (χ4n) is 3.15. The summed E-state index contributed by atoms with van der Waals surface area (Å²) in [6.45, 7) is 3.69. The Labute approximate surface area is 124 Å². The van der Waals surface area contributed by atoms with Crippen LogP contribution < -0.4 is 0 Å². The first-order valence-corrected chi connectivity index (χ1v) is 7.66. The number of carbonyl (C=O) groups is 1. The summed E-state index contributed by atoms with van der Waals surface area (Å²) in [6.07, 6.45) is 4.22. The summed E-state index contributed by atoms with van der Waals surface area (Å²) in [6, 6.07) is 2.33. The van der Waals surface area contributed by atoms with E-state index in [1.807, 2.05) is 6.92 Å². The van der Waals surface area contributed by atoms with Crippen molar-refractivity contribution in [2.75, 3.05) is 0 Å². The summed E-state index contributed by atoms with van der Waals surface area (Å²) >= 11 is 0. The molecule has 4 heteroatoms. The third kappa shape index (κ3) is 4.02. The van der Waals surface area contributed by atoms with Crippen LogP contribution in [0.15, 0.2) is 12.1 Å². The molecular weight excluding hydrogens is 274 g/mol. The monoisotopic (exact) mass is 296 g/mol. The SMILES string of the molecule is CCCC(=O)OC1CCC(c2c(C)cc(F)cc2F)CC1. The molecule has 0 heterocycles. The van der Waals surface area contributed by atoms with Crippen LogP contribution in [0.3, 0.4) is 0 Å². The molecule has 1 aromatic rings. The fourth-order valence-corrected chi connectivity index (χ4v) is 3.15. The summed E-state index contributed by atoms with van der Waals surface area (Å²) in [5.41, 5.74) is 1.29. The highest BCUT2D eigenvalue weighted by atomic mass is 19.1. The number of hydrogen-bond donors (Lipinski definition) is 0. The largest absolute Gasteiger partial charge is 0.462 e. The molecular formula is C17H22F2O2. The normalized spacial score (nSPS) is 22.1. The van der Waals surface area contributed by atoms with Crippen molar-refractivity contribution in [3.05, 3.63) is 34.9 Å². The average Bonchev–Trinajstić information content (AvgIpc) is 2.39. The van der Waals surface area contributed by atoms with E-state index in [4.69, 9.17) is 4.74 Å². The summed E-state index contributed by atoms with van der Waals surface area (Å²) < 4.78 is 32.5. The Morgan fingerprint density at radius 2 is 1.90 bits per heavy atom. The van der Waals surface area contributed by atoms with E-state index in [0.29, 0.717) is 17.5 Å². The molecule has 0 spiro atoms. The van der Waals surface area contributed by atoms with E-state index < -0.39 is 11.6 Å². The van der Waals surface area contributed by atoms with Gasteiger partial charge in [-0.25, -0.2) is 8.78 Å². The van der Waals surface area contributed by atoms with Gasteiger partial charge in [0.15, 0.2) is 0 Å². The number of ether oxygens (including phenoxy) is 1. The minimum Gasteiger partial charge on any atom is -0.462 e.